The van der Waals surface area contributed by atoms with Gasteiger partial charge in [-0.1, -0.05) is 0 Å². The smallest absolute Gasteiger partial charge is 0.254 e. The molecule has 1 atom stereocenters. The van der Waals surface area contributed by atoms with Gasteiger partial charge in [0, 0.05) is 47.9 Å². The lowest BCUT2D eigenvalue weighted by molar-refractivity contribution is -0.144. The van der Waals surface area contributed by atoms with Crippen molar-refractivity contribution in [1.82, 2.24) is 19.9 Å². The van der Waals surface area contributed by atoms with Crippen molar-refractivity contribution < 1.29 is 9.90 Å². The van der Waals surface area contributed by atoms with Crippen molar-refractivity contribution in [3.8, 4) is 11.4 Å². The molecule has 3 aliphatic rings. The summed E-state index contributed by atoms with van der Waals surface area (Å²) >= 11 is 0. The van der Waals surface area contributed by atoms with E-state index in [2.05, 4.69) is 9.97 Å². The zero-order valence-electron chi connectivity index (χ0n) is 15.7. The molecule has 0 aromatic carbocycles. The second kappa shape index (κ2) is 6.51. The third-order valence-electron chi connectivity index (χ3n) is 6.66. The second-order valence-electron chi connectivity index (χ2n) is 8.45. The first-order chi connectivity index (χ1) is 13.6. The molecule has 28 heavy (non-hydrogen) atoms. The van der Waals surface area contributed by atoms with Crippen molar-refractivity contribution in [3.05, 3.63) is 46.1 Å². The Morgan fingerprint density at radius 2 is 2.18 bits per heavy atom. The van der Waals surface area contributed by atoms with E-state index >= 15 is 0 Å². The Labute approximate surface area is 162 Å². The fraction of sp³-hybridized carbons (Fsp3) is 0.524. The minimum Gasteiger partial charge on any atom is -0.393 e. The quantitative estimate of drug-likeness (QED) is 0.821. The van der Waals surface area contributed by atoms with Gasteiger partial charge in [0.15, 0.2) is 0 Å². The molecule has 7 nitrogen and oxygen atoms in total. The average Bonchev–Trinajstić information content (AvgIpc) is 3.04. The van der Waals surface area contributed by atoms with Gasteiger partial charge in [-0.15, -0.1) is 0 Å². The summed E-state index contributed by atoms with van der Waals surface area (Å²) in [4.78, 5) is 39.4. The van der Waals surface area contributed by atoms with E-state index in [4.69, 9.17) is 4.98 Å². The average molecular weight is 380 g/mol. The highest BCUT2D eigenvalue weighted by Gasteiger charge is 2.47. The maximum atomic E-state index is 12.9. The van der Waals surface area contributed by atoms with Gasteiger partial charge in [0.05, 0.1) is 11.8 Å². The topological polar surface area (TPSA) is 99.2 Å². The fourth-order valence-electron chi connectivity index (χ4n) is 5.06. The van der Waals surface area contributed by atoms with Gasteiger partial charge in [-0.3, -0.25) is 14.6 Å². The van der Waals surface area contributed by atoms with E-state index in [1.807, 2.05) is 17.0 Å². The Hall–Kier alpha value is -2.54. The van der Waals surface area contributed by atoms with E-state index in [0.29, 0.717) is 31.6 Å². The van der Waals surface area contributed by atoms with Crippen LogP contribution in [-0.2, 0) is 16.6 Å². The lowest BCUT2D eigenvalue weighted by Crippen LogP contribution is -2.52. The van der Waals surface area contributed by atoms with E-state index in [1.54, 1.807) is 12.4 Å². The van der Waals surface area contributed by atoms with Crippen LogP contribution in [0.25, 0.3) is 11.4 Å². The van der Waals surface area contributed by atoms with E-state index in [9.17, 15) is 14.7 Å². The van der Waals surface area contributed by atoms with Crippen molar-refractivity contribution in [2.24, 2.45) is 5.92 Å². The molecule has 2 aliphatic carbocycles. The maximum Gasteiger partial charge on any atom is 0.254 e. The summed E-state index contributed by atoms with van der Waals surface area (Å²) in [5.74, 6) is 0.642. The fourth-order valence-corrected chi connectivity index (χ4v) is 5.06. The monoisotopic (exact) mass is 380 g/mol. The predicted molar refractivity (Wildman–Crippen MR) is 103 cm³/mol. The molecule has 1 amide bonds. The number of H-pyrrole nitrogens is 1. The molecule has 1 saturated heterocycles. The molecular weight excluding hydrogens is 356 g/mol. The Bertz CT molecular complexity index is 967. The predicted octanol–water partition coefficient (Wildman–Crippen LogP) is 1.41. The number of rotatable bonds is 2. The highest BCUT2D eigenvalue weighted by molar-refractivity contribution is 5.80. The van der Waals surface area contributed by atoms with Crippen LogP contribution in [-0.4, -0.2) is 50.1 Å². The number of carbonyl (C=O) groups is 1. The number of hydrogen-bond acceptors (Lipinski definition) is 5. The van der Waals surface area contributed by atoms with Crippen LogP contribution in [0.2, 0.25) is 0 Å². The molecule has 146 valence electrons. The first kappa shape index (κ1) is 17.6. The molecule has 0 radical (unpaired) electrons. The molecule has 2 aromatic heterocycles. The molecule has 5 rings (SSSR count). The third-order valence-corrected chi connectivity index (χ3v) is 6.66. The summed E-state index contributed by atoms with van der Waals surface area (Å²) in [5, 5.41) is 9.55. The number of pyridine rings is 1. The van der Waals surface area contributed by atoms with Crippen LogP contribution in [0.4, 0.5) is 0 Å². The molecular formula is C21H24N4O3. The lowest BCUT2D eigenvalue weighted by atomic mass is 9.76. The van der Waals surface area contributed by atoms with Crippen molar-refractivity contribution in [3.63, 3.8) is 0 Å². The molecule has 2 aromatic rings. The minimum atomic E-state index is -0.331. The molecule has 2 N–H and O–H groups in total. The standard InChI is InChI=1S/C21H24N4O3/c26-15-9-14(10-15)20(28)25-8-2-5-21(12-25)6-4-16-17(21)23-18(24-19(16)27)13-3-1-7-22-11-13/h1,3,7,11,14-15,26H,2,4-6,8-10,12H2,(H,23,24,27). The number of nitrogens with zero attached hydrogens (tertiary/aromatic N) is 3. The normalized spacial score (nSPS) is 28.8. The summed E-state index contributed by atoms with van der Waals surface area (Å²) < 4.78 is 0. The summed E-state index contributed by atoms with van der Waals surface area (Å²) in [5.41, 5.74) is 2.10. The number of amides is 1. The molecule has 3 heterocycles. The van der Waals surface area contributed by atoms with Gasteiger partial charge in [-0.2, -0.15) is 0 Å². The van der Waals surface area contributed by atoms with Crippen LogP contribution in [0, 0.1) is 5.92 Å². The number of likely N-dealkylation sites (tertiary alicyclic amines) is 1. The van der Waals surface area contributed by atoms with Gasteiger partial charge < -0.3 is 15.0 Å². The number of nitrogens with one attached hydrogen (secondary N) is 1. The van der Waals surface area contributed by atoms with Crippen molar-refractivity contribution >= 4 is 5.91 Å². The molecule has 1 unspecified atom stereocenters. The Morgan fingerprint density at radius 1 is 1.32 bits per heavy atom. The van der Waals surface area contributed by atoms with Crippen LogP contribution in [0.5, 0.6) is 0 Å². The molecule has 1 aliphatic heterocycles. The molecule has 7 heteroatoms. The van der Waals surface area contributed by atoms with E-state index in [0.717, 1.165) is 42.6 Å². The first-order valence-electron chi connectivity index (χ1n) is 10.1. The molecule has 1 saturated carbocycles. The van der Waals surface area contributed by atoms with Gasteiger partial charge in [-0.25, -0.2) is 4.98 Å². The zero-order valence-corrected chi connectivity index (χ0v) is 15.7. The van der Waals surface area contributed by atoms with Crippen LogP contribution in [0.15, 0.2) is 29.3 Å². The maximum absolute atomic E-state index is 12.9. The largest absolute Gasteiger partial charge is 0.393 e. The van der Waals surface area contributed by atoms with Gasteiger partial charge >= 0.3 is 0 Å². The number of hydrogen-bond donors (Lipinski definition) is 2. The van der Waals surface area contributed by atoms with Crippen molar-refractivity contribution in [1.29, 1.82) is 0 Å². The number of aromatic amines is 1. The Morgan fingerprint density at radius 3 is 2.93 bits per heavy atom. The van der Waals surface area contributed by atoms with Gasteiger partial charge in [0.1, 0.15) is 5.82 Å². The summed E-state index contributed by atoms with van der Waals surface area (Å²) in [7, 11) is 0. The number of aliphatic hydroxyl groups is 1. The SMILES string of the molecule is O=C(C1CC(O)C1)N1CCCC2(CCc3c2nc(-c2cccnc2)[nH]c3=O)C1. The highest BCUT2D eigenvalue weighted by atomic mass is 16.3. The van der Waals surface area contributed by atoms with Crippen LogP contribution in [0.1, 0.15) is 43.4 Å². The number of aromatic nitrogens is 3. The van der Waals surface area contributed by atoms with Crippen LogP contribution < -0.4 is 5.56 Å². The van der Waals surface area contributed by atoms with Gasteiger partial charge in [0.2, 0.25) is 5.91 Å². The second-order valence-corrected chi connectivity index (χ2v) is 8.45. The van der Waals surface area contributed by atoms with E-state index in [1.165, 1.54) is 0 Å². The Kier molecular flexibility index (Phi) is 4.08. The van der Waals surface area contributed by atoms with E-state index < -0.39 is 0 Å². The minimum absolute atomic E-state index is 0.0517. The molecule has 2 fully saturated rings. The Balaban J connectivity index is 1.48. The molecule has 0 bridgehead atoms. The first-order valence-corrected chi connectivity index (χ1v) is 10.1. The molecule has 1 spiro atoms. The zero-order chi connectivity index (χ0) is 19.3. The van der Waals surface area contributed by atoms with Crippen LogP contribution in [0.3, 0.4) is 0 Å². The van der Waals surface area contributed by atoms with Gasteiger partial charge in [-0.05, 0) is 50.7 Å². The van der Waals surface area contributed by atoms with E-state index in [-0.39, 0.29) is 28.9 Å². The number of carbonyl (C=O) groups excluding carboxylic acids is 1. The lowest BCUT2D eigenvalue weighted by Gasteiger charge is -2.43. The number of fused-ring (bicyclic) bond motifs is 2. The van der Waals surface area contributed by atoms with Crippen molar-refractivity contribution in [2.45, 2.75) is 50.0 Å². The summed E-state index contributed by atoms with van der Waals surface area (Å²) in [6, 6.07) is 3.71. The third kappa shape index (κ3) is 2.76. The van der Waals surface area contributed by atoms with Gasteiger partial charge in [0.25, 0.3) is 5.56 Å². The summed E-state index contributed by atoms with van der Waals surface area (Å²) in [6.07, 6.45) is 7.62. The number of aliphatic hydroxyl groups excluding tert-OH is 1. The highest BCUT2D eigenvalue weighted by Crippen LogP contribution is 2.44. The summed E-state index contributed by atoms with van der Waals surface area (Å²) in [6.45, 7) is 1.37. The van der Waals surface area contributed by atoms with Crippen LogP contribution >= 0.6 is 0 Å². The van der Waals surface area contributed by atoms with Crippen molar-refractivity contribution in [2.75, 3.05) is 13.1 Å². The number of piperidine rings is 1.